The summed E-state index contributed by atoms with van der Waals surface area (Å²) in [5.41, 5.74) is 2.25. The summed E-state index contributed by atoms with van der Waals surface area (Å²) in [6, 6.07) is 8.67. The number of nitrogens with one attached hydrogen (secondary N) is 1. The van der Waals surface area contributed by atoms with Crippen molar-refractivity contribution in [3.63, 3.8) is 0 Å². The van der Waals surface area contributed by atoms with E-state index in [2.05, 4.69) is 14.9 Å². The van der Waals surface area contributed by atoms with Crippen LogP contribution >= 0.6 is 11.6 Å². The van der Waals surface area contributed by atoms with Gasteiger partial charge in [0.05, 0.1) is 17.8 Å². The lowest BCUT2D eigenvalue weighted by molar-refractivity contribution is 0.222. The van der Waals surface area contributed by atoms with E-state index in [1.165, 1.54) is 4.31 Å². The zero-order valence-electron chi connectivity index (χ0n) is 18.1. The third-order valence-electron chi connectivity index (χ3n) is 5.57. The van der Waals surface area contributed by atoms with E-state index in [9.17, 15) is 8.42 Å². The van der Waals surface area contributed by atoms with Crippen molar-refractivity contribution >= 4 is 21.6 Å². The Morgan fingerprint density at radius 3 is 2.56 bits per heavy atom. The SMILES string of the molecule is COc1cc(CCc2ncc[nH]2)nc(-c2ccc(S(=O)(=O)N3CCN(C)CC3)c(Cl)c2)c1. The molecule has 10 heteroatoms. The van der Waals surface area contributed by atoms with Gasteiger partial charge in [-0.1, -0.05) is 17.7 Å². The molecule has 3 heterocycles. The molecule has 1 aliphatic heterocycles. The predicted molar refractivity (Wildman–Crippen MR) is 123 cm³/mol. The van der Waals surface area contributed by atoms with E-state index in [0.29, 0.717) is 44.0 Å². The fraction of sp³-hybridized carbons (Fsp3) is 0.364. The van der Waals surface area contributed by atoms with Crippen molar-refractivity contribution < 1.29 is 13.2 Å². The highest BCUT2D eigenvalue weighted by Gasteiger charge is 2.29. The van der Waals surface area contributed by atoms with Crippen molar-refractivity contribution in [1.29, 1.82) is 0 Å². The lowest BCUT2D eigenvalue weighted by Gasteiger charge is -2.31. The number of nitrogens with zero attached hydrogens (tertiary/aromatic N) is 4. The van der Waals surface area contributed by atoms with Crippen LogP contribution in [0.5, 0.6) is 5.75 Å². The van der Waals surface area contributed by atoms with Gasteiger partial charge < -0.3 is 14.6 Å². The van der Waals surface area contributed by atoms with Gasteiger partial charge >= 0.3 is 0 Å². The molecule has 1 saturated heterocycles. The number of halogens is 1. The van der Waals surface area contributed by atoms with Crippen LogP contribution in [0.1, 0.15) is 11.5 Å². The van der Waals surface area contributed by atoms with E-state index in [1.807, 2.05) is 19.2 Å². The van der Waals surface area contributed by atoms with Gasteiger partial charge in [0.2, 0.25) is 10.0 Å². The summed E-state index contributed by atoms with van der Waals surface area (Å²) in [6.07, 6.45) is 4.91. The summed E-state index contributed by atoms with van der Waals surface area (Å²) in [6.45, 7) is 2.30. The monoisotopic (exact) mass is 475 g/mol. The van der Waals surface area contributed by atoms with Gasteiger partial charge in [-0.3, -0.25) is 4.98 Å². The Kier molecular flexibility index (Phi) is 6.80. The summed E-state index contributed by atoms with van der Waals surface area (Å²) >= 11 is 6.47. The molecule has 32 heavy (non-hydrogen) atoms. The number of imidazole rings is 1. The molecule has 0 radical (unpaired) electrons. The van der Waals surface area contributed by atoms with Crippen LogP contribution in [-0.4, -0.2) is 72.9 Å². The molecule has 170 valence electrons. The van der Waals surface area contributed by atoms with Gasteiger partial charge in [0.1, 0.15) is 16.5 Å². The second-order valence-corrected chi connectivity index (χ2v) is 10.1. The van der Waals surface area contributed by atoms with Crippen molar-refractivity contribution in [2.45, 2.75) is 17.7 Å². The molecule has 2 aromatic heterocycles. The third kappa shape index (κ3) is 4.96. The second-order valence-electron chi connectivity index (χ2n) is 7.77. The molecule has 1 aromatic carbocycles. The number of rotatable bonds is 7. The Morgan fingerprint density at radius 2 is 1.91 bits per heavy atom. The summed E-state index contributed by atoms with van der Waals surface area (Å²) < 4.78 is 33.1. The van der Waals surface area contributed by atoms with E-state index in [-0.39, 0.29) is 9.92 Å². The molecular formula is C22H26ClN5O3S. The molecule has 3 aromatic rings. The molecule has 0 amide bonds. The van der Waals surface area contributed by atoms with E-state index < -0.39 is 10.0 Å². The van der Waals surface area contributed by atoms with Crippen LogP contribution in [0.2, 0.25) is 5.02 Å². The van der Waals surface area contributed by atoms with Crippen molar-refractivity contribution in [2.24, 2.45) is 0 Å². The Labute approximate surface area is 193 Å². The second kappa shape index (κ2) is 9.58. The van der Waals surface area contributed by atoms with Crippen LogP contribution in [-0.2, 0) is 22.9 Å². The molecule has 1 fully saturated rings. The zero-order valence-corrected chi connectivity index (χ0v) is 19.7. The number of pyridine rings is 1. The molecule has 8 nitrogen and oxygen atoms in total. The Morgan fingerprint density at radius 1 is 1.12 bits per heavy atom. The highest BCUT2D eigenvalue weighted by atomic mass is 35.5. The lowest BCUT2D eigenvalue weighted by atomic mass is 10.1. The number of aromatic amines is 1. The first-order chi connectivity index (χ1) is 15.4. The minimum atomic E-state index is -3.65. The van der Waals surface area contributed by atoms with Crippen LogP contribution in [0.4, 0.5) is 0 Å². The Bertz CT molecular complexity index is 1180. The van der Waals surface area contributed by atoms with E-state index in [1.54, 1.807) is 37.7 Å². The van der Waals surface area contributed by atoms with Crippen LogP contribution in [0.25, 0.3) is 11.3 Å². The number of methoxy groups -OCH3 is 1. The van der Waals surface area contributed by atoms with E-state index >= 15 is 0 Å². The average molecular weight is 476 g/mol. The predicted octanol–water partition coefficient (Wildman–Crippen LogP) is 2.86. The maximum absolute atomic E-state index is 13.1. The highest BCUT2D eigenvalue weighted by molar-refractivity contribution is 7.89. The van der Waals surface area contributed by atoms with Crippen LogP contribution in [0.15, 0.2) is 47.6 Å². The molecule has 0 atom stereocenters. The molecule has 0 bridgehead atoms. The quantitative estimate of drug-likeness (QED) is 0.565. The molecule has 0 spiro atoms. The van der Waals surface area contributed by atoms with Crippen molar-refractivity contribution in [2.75, 3.05) is 40.3 Å². The maximum atomic E-state index is 13.1. The van der Waals surface area contributed by atoms with Crippen molar-refractivity contribution in [3.8, 4) is 17.0 Å². The summed E-state index contributed by atoms with van der Waals surface area (Å²) in [4.78, 5) is 14.3. The van der Waals surface area contributed by atoms with Gasteiger partial charge in [-0.15, -0.1) is 0 Å². The molecule has 1 aliphatic rings. The van der Waals surface area contributed by atoms with E-state index in [0.717, 1.165) is 23.5 Å². The van der Waals surface area contributed by atoms with E-state index in [4.69, 9.17) is 21.3 Å². The number of piperazine rings is 1. The minimum Gasteiger partial charge on any atom is -0.497 e. The van der Waals surface area contributed by atoms with Crippen molar-refractivity contribution in [1.82, 2.24) is 24.2 Å². The van der Waals surface area contributed by atoms with Gasteiger partial charge in [-0.25, -0.2) is 13.4 Å². The minimum absolute atomic E-state index is 0.119. The van der Waals surface area contributed by atoms with Gasteiger partial charge in [-0.05, 0) is 25.6 Å². The number of hydrogen-bond acceptors (Lipinski definition) is 6. The highest BCUT2D eigenvalue weighted by Crippen LogP contribution is 2.31. The molecule has 0 unspecified atom stereocenters. The number of hydrogen-bond donors (Lipinski definition) is 1. The standard InChI is InChI=1S/C22H26ClN5O3S/c1-27-9-11-28(12-10-27)32(29,30)21-5-3-16(13-19(21)23)20-15-18(31-2)14-17(26-20)4-6-22-24-7-8-25-22/h3,5,7-8,13-15H,4,6,9-12H2,1-2H3,(H,24,25). The Hall–Kier alpha value is -2.46. The summed E-state index contributed by atoms with van der Waals surface area (Å²) in [7, 11) is -0.0634. The van der Waals surface area contributed by atoms with Crippen molar-refractivity contribution in [3.05, 3.63) is 59.3 Å². The zero-order chi connectivity index (χ0) is 22.7. The first kappa shape index (κ1) is 22.7. The van der Waals surface area contributed by atoms with Crippen LogP contribution in [0, 0.1) is 0 Å². The topological polar surface area (TPSA) is 91.4 Å². The fourth-order valence-corrected chi connectivity index (χ4v) is 5.61. The van der Waals surface area contributed by atoms with Gasteiger partial charge in [0.25, 0.3) is 0 Å². The number of aryl methyl sites for hydroxylation is 2. The number of ether oxygens (including phenoxy) is 1. The lowest BCUT2D eigenvalue weighted by Crippen LogP contribution is -2.47. The third-order valence-corrected chi connectivity index (χ3v) is 7.95. The average Bonchev–Trinajstić information content (AvgIpc) is 3.31. The normalized spacial score (nSPS) is 15.7. The van der Waals surface area contributed by atoms with Crippen LogP contribution in [0.3, 0.4) is 0 Å². The smallest absolute Gasteiger partial charge is 0.244 e. The molecule has 1 N–H and O–H groups in total. The molecule has 0 aliphatic carbocycles. The number of benzene rings is 1. The largest absolute Gasteiger partial charge is 0.497 e. The fourth-order valence-electron chi connectivity index (χ4n) is 3.67. The number of likely N-dealkylation sites (N-methyl/N-ethyl adjacent to an activating group) is 1. The number of aromatic nitrogens is 3. The molecular weight excluding hydrogens is 450 g/mol. The summed E-state index contributed by atoms with van der Waals surface area (Å²) in [5.74, 6) is 1.56. The van der Waals surface area contributed by atoms with Gasteiger partial charge in [0.15, 0.2) is 0 Å². The van der Waals surface area contributed by atoms with Gasteiger partial charge in [0, 0.05) is 68.4 Å². The Balaban J connectivity index is 1.60. The molecule has 0 saturated carbocycles. The molecule has 4 rings (SSSR count). The van der Waals surface area contributed by atoms with Crippen LogP contribution < -0.4 is 4.74 Å². The summed E-state index contributed by atoms with van der Waals surface area (Å²) in [5, 5.41) is 0.184. The maximum Gasteiger partial charge on any atom is 0.244 e. The van der Waals surface area contributed by atoms with Gasteiger partial charge in [-0.2, -0.15) is 4.31 Å². The number of H-pyrrole nitrogens is 1. The number of sulfonamides is 1. The first-order valence-electron chi connectivity index (χ1n) is 10.4. The first-order valence-corrected chi connectivity index (χ1v) is 12.2.